The number of nitrogens with one attached hydrogen (secondary N) is 1. The molecule has 1 amide bonds. The molecule has 0 aliphatic rings. The highest BCUT2D eigenvalue weighted by Crippen LogP contribution is 2.23. The van der Waals surface area contributed by atoms with E-state index >= 15 is 0 Å². The second-order valence-electron chi connectivity index (χ2n) is 3.67. The number of nitrogen functional groups attached to an aromatic ring is 1. The first-order chi connectivity index (χ1) is 8.58. The van der Waals surface area contributed by atoms with Crippen molar-refractivity contribution in [2.45, 2.75) is 0 Å². The molecule has 0 bridgehead atoms. The predicted molar refractivity (Wildman–Crippen MR) is 83.0 cm³/mol. The summed E-state index contributed by atoms with van der Waals surface area (Å²) in [7, 11) is 0. The molecular formula is C13H10ClIN2O. The van der Waals surface area contributed by atoms with Crippen LogP contribution in [-0.2, 0) is 0 Å². The molecule has 3 N–H and O–H groups in total. The summed E-state index contributed by atoms with van der Waals surface area (Å²) in [6, 6.07) is 12.4. The summed E-state index contributed by atoms with van der Waals surface area (Å²) < 4.78 is 0.898. The summed E-state index contributed by atoms with van der Waals surface area (Å²) >= 11 is 7.94. The molecule has 0 atom stereocenters. The summed E-state index contributed by atoms with van der Waals surface area (Å²) in [6.07, 6.45) is 0. The third-order valence-electron chi connectivity index (χ3n) is 2.37. The Labute approximate surface area is 123 Å². The molecule has 0 saturated carbocycles. The van der Waals surface area contributed by atoms with Crippen molar-refractivity contribution in [2.24, 2.45) is 0 Å². The maximum absolute atomic E-state index is 12.0. The average Bonchev–Trinajstić information content (AvgIpc) is 2.34. The van der Waals surface area contributed by atoms with Crippen molar-refractivity contribution in [1.82, 2.24) is 0 Å². The first kappa shape index (κ1) is 13.2. The lowest BCUT2D eigenvalue weighted by molar-refractivity contribution is 0.102. The van der Waals surface area contributed by atoms with Gasteiger partial charge in [0, 0.05) is 9.26 Å². The highest BCUT2D eigenvalue weighted by molar-refractivity contribution is 14.1. The molecule has 5 heteroatoms. The van der Waals surface area contributed by atoms with E-state index in [2.05, 4.69) is 27.9 Å². The van der Waals surface area contributed by atoms with E-state index in [-0.39, 0.29) is 5.91 Å². The van der Waals surface area contributed by atoms with E-state index in [0.717, 1.165) is 3.57 Å². The molecule has 0 spiro atoms. The number of hydrogen-bond donors (Lipinski definition) is 2. The Morgan fingerprint density at radius 2 is 1.94 bits per heavy atom. The number of benzene rings is 2. The summed E-state index contributed by atoms with van der Waals surface area (Å²) in [5, 5.41) is 3.26. The second-order valence-corrected chi connectivity index (χ2v) is 5.24. The van der Waals surface area contributed by atoms with Crippen molar-refractivity contribution < 1.29 is 4.79 Å². The molecule has 0 aromatic heterocycles. The summed E-state index contributed by atoms with van der Waals surface area (Å²) in [5.74, 6) is -0.165. The zero-order valence-corrected chi connectivity index (χ0v) is 12.2. The van der Waals surface area contributed by atoms with Gasteiger partial charge in [0.2, 0.25) is 0 Å². The van der Waals surface area contributed by atoms with Gasteiger partial charge in [-0.2, -0.15) is 0 Å². The van der Waals surface area contributed by atoms with Gasteiger partial charge in [-0.1, -0.05) is 23.7 Å². The highest BCUT2D eigenvalue weighted by Gasteiger charge is 2.09. The van der Waals surface area contributed by atoms with Gasteiger partial charge in [-0.15, -0.1) is 0 Å². The molecule has 3 nitrogen and oxygen atoms in total. The maximum atomic E-state index is 12.0. The van der Waals surface area contributed by atoms with Gasteiger partial charge in [-0.05, 0) is 52.9 Å². The van der Waals surface area contributed by atoms with Crippen LogP contribution in [0.5, 0.6) is 0 Å². The van der Waals surface area contributed by atoms with Crippen molar-refractivity contribution in [2.75, 3.05) is 11.1 Å². The monoisotopic (exact) mass is 372 g/mol. The Kier molecular flexibility index (Phi) is 4.08. The van der Waals surface area contributed by atoms with Crippen molar-refractivity contribution in [1.29, 1.82) is 0 Å². The number of hydrogen-bond acceptors (Lipinski definition) is 2. The molecule has 2 aromatic carbocycles. The van der Waals surface area contributed by atoms with Crippen LogP contribution in [-0.4, -0.2) is 5.91 Å². The van der Waals surface area contributed by atoms with E-state index in [9.17, 15) is 4.79 Å². The number of halogens is 2. The van der Waals surface area contributed by atoms with Crippen LogP contribution in [0.4, 0.5) is 11.4 Å². The minimum Gasteiger partial charge on any atom is -0.397 e. The maximum Gasteiger partial charge on any atom is 0.256 e. The van der Waals surface area contributed by atoms with Gasteiger partial charge < -0.3 is 11.1 Å². The molecule has 0 aliphatic heterocycles. The Morgan fingerprint density at radius 1 is 1.22 bits per heavy atom. The van der Waals surface area contributed by atoms with Crippen molar-refractivity contribution in [3.63, 3.8) is 0 Å². The molecule has 0 saturated heterocycles. The Balaban J connectivity index is 2.22. The molecule has 0 fully saturated rings. The minimum atomic E-state index is -0.165. The molecule has 0 aliphatic carbocycles. The zero-order chi connectivity index (χ0) is 13.1. The average molecular weight is 373 g/mol. The van der Waals surface area contributed by atoms with Gasteiger partial charge in [0.1, 0.15) is 0 Å². The summed E-state index contributed by atoms with van der Waals surface area (Å²) in [6.45, 7) is 0. The van der Waals surface area contributed by atoms with Crippen molar-refractivity contribution in [3.8, 4) is 0 Å². The van der Waals surface area contributed by atoms with E-state index in [1.54, 1.807) is 24.3 Å². The molecule has 18 heavy (non-hydrogen) atoms. The van der Waals surface area contributed by atoms with Gasteiger partial charge in [-0.25, -0.2) is 0 Å². The molecule has 0 unspecified atom stereocenters. The quantitative estimate of drug-likeness (QED) is 0.623. The number of anilines is 2. The van der Waals surface area contributed by atoms with Crippen molar-refractivity contribution >= 4 is 51.5 Å². The molecule has 2 aromatic rings. The fraction of sp³-hybridized carbons (Fsp3) is 0. The number of carbonyl (C=O) groups is 1. The third-order valence-corrected chi connectivity index (χ3v) is 3.66. The Morgan fingerprint density at radius 3 is 2.61 bits per heavy atom. The lowest BCUT2D eigenvalue weighted by Gasteiger charge is -2.08. The lowest BCUT2D eigenvalue weighted by Crippen LogP contribution is -2.13. The van der Waals surface area contributed by atoms with Crippen LogP contribution in [0.15, 0.2) is 42.5 Å². The van der Waals surface area contributed by atoms with Gasteiger partial charge >= 0.3 is 0 Å². The van der Waals surface area contributed by atoms with E-state index < -0.39 is 0 Å². The van der Waals surface area contributed by atoms with Crippen LogP contribution in [0, 0.1) is 3.57 Å². The molecule has 92 valence electrons. The Hall–Kier alpha value is -1.27. The van der Waals surface area contributed by atoms with E-state index in [1.807, 2.05) is 18.2 Å². The fourth-order valence-electron chi connectivity index (χ4n) is 1.47. The van der Waals surface area contributed by atoms with Crippen LogP contribution in [0.25, 0.3) is 0 Å². The normalized spacial score (nSPS) is 10.1. The number of carbonyl (C=O) groups excluding carboxylic acids is 1. The molecule has 2 rings (SSSR count). The number of amides is 1. The van der Waals surface area contributed by atoms with Gasteiger partial charge in [0.15, 0.2) is 0 Å². The third kappa shape index (κ3) is 2.94. The second kappa shape index (κ2) is 5.58. The van der Waals surface area contributed by atoms with Crippen LogP contribution < -0.4 is 11.1 Å². The standard InChI is InChI=1S/C13H10ClIN2O/c14-10-6-5-8(7-12(10)16)17-13(18)9-3-1-2-4-11(9)15/h1-7H,16H2,(H,17,18). The first-order valence-corrected chi connectivity index (χ1v) is 6.64. The molecule has 0 radical (unpaired) electrons. The Bertz CT molecular complexity index is 601. The summed E-state index contributed by atoms with van der Waals surface area (Å²) in [4.78, 5) is 12.0. The van der Waals surface area contributed by atoms with Crippen molar-refractivity contribution in [3.05, 3.63) is 56.6 Å². The molecular weight excluding hydrogens is 363 g/mol. The van der Waals surface area contributed by atoms with E-state index in [0.29, 0.717) is 22.0 Å². The van der Waals surface area contributed by atoms with Crippen LogP contribution in [0.1, 0.15) is 10.4 Å². The van der Waals surface area contributed by atoms with Crippen LogP contribution in [0.3, 0.4) is 0 Å². The SMILES string of the molecule is Nc1cc(NC(=O)c2ccccc2I)ccc1Cl. The lowest BCUT2D eigenvalue weighted by atomic mass is 10.2. The number of nitrogens with two attached hydrogens (primary N) is 1. The van der Waals surface area contributed by atoms with E-state index in [1.165, 1.54) is 0 Å². The topological polar surface area (TPSA) is 55.1 Å². The highest BCUT2D eigenvalue weighted by atomic mass is 127. The summed E-state index contributed by atoms with van der Waals surface area (Å²) in [5.41, 5.74) is 7.38. The van der Waals surface area contributed by atoms with E-state index in [4.69, 9.17) is 17.3 Å². The molecule has 0 heterocycles. The largest absolute Gasteiger partial charge is 0.397 e. The number of rotatable bonds is 2. The smallest absolute Gasteiger partial charge is 0.256 e. The van der Waals surface area contributed by atoms with Gasteiger partial charge in [0.05, 0.1) is 16.3 Å². The predicted octanol–water partition coefficient (Wildman–Crippen LogP) is 3.78. The van der Waals surface area contributed by atoms with Crippen LogP contribution in [0.2, 0.25) is 5.02 Å². The van der Waals surface area contributed by atoms with Gasteiger partial charge in [0.25, 0.3) is 5.91 Å². The minimum absolute atomic E-state index is 0.165. The fourth-order valence-corrected chi connectivity index (χ4v) is 2.22. The zero-order valence-electron chi connectivity index (χ0n) is 9.28. The first-order valence-electron chi connectivity index (χ1n) is 5.19. The van der Waals surface area contributed by atoms with Gasteiger partial charge in [-0.3, -0.25) is 4.79 Å². The van der Waals surface area contributed by atoms with Crippen LogP contribution >= 0.6 is 34.2 Å².